The molecular weight excluding hydrogens is 182 g/mol. The summed E-state index contributed by atoms with van der Waals surface area (Å²) in [4.78, 5) is 14.6. The summed E-state index contributed by atoms with van der Waals surface area (Å²) in [7, 11) is 1.32. The van der Waals surface area contributed by atoms with Gasteiger partial charge in [-0.3, -0.25) is 9.78 Å². The summed E-state index contributed by atoms with van der Waals surface area (Å²) in [5.74, 6) is -0.253. The van der Waals surface area contributed by atoms with E-state index in [0.717, 1.165) is 0 Å². The number of pyridine rings is 1. The average Bonchev–Trinajstić information content (AvgIpc) is 2.24. The molecule has 1 heterocycles. The van der Waals surface area contributed by atoms with Crippen molar-refractivity contribution in [2.45, 2.75) is 20.3 Å². The number of hydrogen-bond donors (Lipinski definition) is 1. The number of rotatable bonds is 2. The van der Waals surface area contributed by atoms with Crippen molar-refractivity contribution in [3.63, 3.8) is 0 Å². The number of aromatic hydroxyl groups is 1. The molecule has 78 valence electrons. The first-order valence-corrected chi connectivity index (χ1v) is 4.43. The largest absolute Gasteiger partial charge is 0.506 e. The smallest absolute Gasteiger partial charge is 0.311 e. The van der Waals surface area contributed by atoms with Gasteiger partial charge in [-0.2, -0.15) is 0 Å². The van der Waals surface area contributed by atoms with Gasteiger partial charge in [-0.25, -0.2) is 0 Å². The standard InChI is InChI=1S/C8H9NO3.C2H6/c1-12-8(11)4-6-2-3-7(10)5-9-6;1-2/h2-3,5,10H,4H2,1H3;1-2H3. The fourth-order valence-corrected chi connectivity index (χ4v) is 0.741. The lowest BCUT2D eigenvalue weighted by atomic mass is 10.3. The van der Waals surface area contributed by atoms with Gasteiger partial charge in [0.1, 0.15) is 5.75 Å². The Balaban J connectivity index is 0.000000791. The van der Waals surface area contributed by atoms with Crippen LogP contribution in [0.5, 0.6) is 5.75 Å². The molecule has 4 heteroatoms. The van der Waals surface area contributed by atoms with Crippen molar-refractivity contribution in [2.24, 2.45) is 0 Å². The second kappa shape index (κ2) is 6.88. The maximum Gasteiger partial charge on any atom is 0.311 e. The third kappa shape index (κ3) is 4.45. The molecule has 0 saturated carbocycles. The molecule has 0 bridgehead atoms. The number of aromatic nitrogens is 1. The topological polar surface area (TPSA) is 59.4 Å². The van der Waals surface area contributed by atoms with Crippen LogP contribution in [-0.4, -0.2) is 23.2 Å². The summed E-state index contributed by atoms with van der Waals surface area (Å²) in [5.41, 5.74) is 0.583. The third-order valence-corrected chi connectivity index (χ3v) is 1.36. The molecule has 1 aromatic heterocycles. The lowest BCUT2D eigenvalue weighted by molar-refractivity contribution is -0.139. The number of carbonyl (C=O) groups excluding carboxylic acids is 1. The molecular formula is C10H15NO3. The molecule has 0 unspecified atom stereocenters. The highest BCUT2D eigenvalue weighted by Crippen LogP contribution is 2.06. The van der Waals surface area contributed by atoms with Crippen molar-refractivity contribution in [1.29, 1.82) is 0 Å². The first kappa shape index (κ1) is 12.4. The van der Waals surface area contributed by atoms with Crippen LogP contribution in [0.3, 0.4) is 0 Å². The molecule has 0 saturated heterocycles. The monoisotopic (exact) mass is 197 g/mol. The van der Waals surface area contributed by atoms with E-state index in [2.05, 4.69) is 9.72 Å². The molecule has 0 aromatic carbocycles. The van der Waals surface area contributed by atoms with E-state index in [0.29, 0.717) is 5.69 Å². The lowest BCUT2D eigenvalue weighted by Gasteiger charge is -1.98. The Kier molecular flexibility index (Phi) is 6.11. The predicted octanol–water partition coefficient (Wildman–Crippen LogP) is 1.53. The van der Waals surface area contributed by atoms with Crippen molar-refractivity contribution < 1.29 is 14.6 Å². The minimum Gasteiger partial charge on any atom is -0.506 e. The van der Waals surface area contributed by atoms with Gasteiger partial charge in [0.15, 0.2) is 0 Å². The van der Waals surface area contributed by atoms with E-state index in [1.807, 2.05) is 13.8 Å². The van der Waals surface area contributed by atoms with Gasteiger partial charge in [-0.15, -0.1) is 0 Å². The first-order chi connectivity index (χ1) is 6.72. The summed E-state index contributed by atoms with van der Waals surface area (Å²) in [6.07, 6.45) is 1.43. The number of hydrogen-bond acceptors (Lipinski definition) is 4. The van der Waals surface area contributed by atoms with Gasteiger partial charge >= 0.3 is 5.97 Å². The second-order valence-electron chi connectivity index (χ2n) is 2.26. The SMILES string of the molecule is CC.COC(=O)Cc1ccc(O)cn1. The summed E-state index contributed by atoms with van der Waals surface area (Å²) >= 11 is 0. The lowest BCUT2D eigenvalue weighted by Crippen LogP contribution is -2.05. The molecule has 1 aromatic rings. The minimum absolute atomic E-state index is 0.0867. The molecule has 0 radical (unpaired) electrons. The zero-order valence-electron chi connectivity index (χ0n) is 8.65. The van der Waals surface area contributed by atoms with Crippen LogP contribution in [0.1, 0.15) is 19.5 Å². The van der Waals surface area contributed by atoms with E-state index in [4.69, 9.17) is 5.11 Å². The van der Waals surface area contributed by atoms with E-state index in [9.17, 15) is 4.79 Å². The van der Waals surface area contributed by atoms with E-state index in [-0.39, 0.29) is 18.1 Å². The zero-order chi connectivity index (χ0) is 11.0. The van der Waals surface area contributed by atoms with Gasteiger partial charge < -0.3 is 9.84 Å². The predicted molar refractivity (Wildman–Crippen MR) is 53.0 cm³/mol. The molecule has 1 N–H and O–H groups in total. The Bertz CT molecular complexity index is 269. The van der Waals surface area contributed by atoms with Crippen molar-refractivity contribution >= 4 is 5.97 Å². The van der Waals surface area contributed by atoms with Gasteiger partial charge in [-0.05, 0) is 12.1 Å². The summed E-state index contributed by atoms with van der Waals surface area (Å²) in [5, 5.41) is 8.87. The van der Waals surface area contributed by atoms with E-state index >= 15 is 0 Å². The second-order valence-corrected chi connectivity index (χ2v) is 2.26. The highest BCUT2D eigenvalue weighted by Gasteiger charge is 2.02. The number of esters is 1. The average molecular weight is 197 g/mol. The summed E-state index contributed by atoms with van der Waals surface area (Å²) in [6.45, 7) is 4.00. The van der Waals surface area contributed by atoms with Crippen LogP contribution in [-0.2, 0) is 16.0 Å². The number of carbonyl (C=O) groups is 1. The number of methoxy groups -OCH3 is 1. The molecule has 14 heavy (non-hydrogen) atoms. The van der Waals surface area contributed by atoms with E-state index < -0.39 is 0 Å². The van der Waals surface area contributed by atoms with Crippen molar-refractivity contribution in [2.75, 3.05) is 7.11 Å². The molecule has 0 spiro atoms. The van der Waals surface area contributed by atoms with E-state index in [1.54, 1.807) is 6.07 Å². The summed E-state index contributed by atoms with van der Waals surface area (Å²) in [6, 6.07) is 3.05. The first-order valence-electron chi connectivity index (χ1n) is 4.43. The van der Waals surface area contributed by atoms with Gasteiger partial charge in [0, 0.05) is 0 Å². The highest BCUT2D eigenvalue weighted by molar-refractivity contribution is 5.71. The van der Waals surface area contributed by atoms with Crippen molar-refractivity contribution in [1.82, 2.24) is 4.98 Å². The Morgan fingerprint density at radius 3 is 2.57 bits per heavy atom. The minimum atomic E-state index is -0.340. The molecule has 0 aliphatic rings. The fourth-order valence-electron chi connectivity index (χ4n) is 0.741. The van der Waals surface area contributed by atoms with E-state index in [1.165, 1.54) is 19.4 Å². The van der Waals surface area contributed by atoms with Gasteiger partial charge in [0.05, 0.1) is 25.4 Å². The molecule has 0 aliphatic carbocycles. The Morgan fingerprint density at radius 1 is 1.50 bits per heavy atom. The normalized spacial score (nSPS) is 8.50. The molecule has 4 nitrogen and oxygen atoms in total. The Morgan fingerprint density at radius 2 is 2.14 bits per heavy atom. The van der Waals surface area contributed by atoms with Crippen LogP contribution in [0.2, 0.25) is 0 Å². The van der Waals surface area contributed by atoms with Crippen molar-refractivity contribution in [3.8, 4) is 5.75 Å². The summed E-state index contributed by atoms with van der Waals surface area (Å²) < 4.78 is 4.44. The molecule has 0 fully saturated rings. The van der Waals surface area contributed by atoms with Crippen LogP contribution in [0.25, 0.3) is 0 Å². The van der Waals surface area contributed by atoms with Gasteiger partial charge in [0.2, 0.25) is 0 Å². The van der Waals surface area contributed by atoms with Crippen LogP contribution in [0.15, 0.2) is 18.3 Å². The fraction of sp³-hybridized carbons (Fsp3) is 0.400. The van der Waals surface area contributed by atoms with Gasteiger partial charge in [0.25, 0.3) is 0 Å². The van der Waals surface area contributed by atoms with Crippen LogP contribution in [0.4, 0.5) is 0 Å². The Labute approximate surface area is 83.6 Å². The molecule has 0 amide bonds. The number of nitrogens with zero attached hydrogens (tertiary/aromatic N) is 1. The maximum atomic E-state index is 10.7. The third-order valence-electron chi connectivity index (χ3n) is 1.36. The van der Waals surface area contributed by atoms with Gasteiger partial charge in [-0.1, -0.05) is 13.8 Å². The molecule has 0 aliphatic heterocycles. The van der Waals surface area contributed by atoms with Crippen LogP contribution >= 0.6 is 0 Å². The number of ether oxygens (including phenoxy) is 1. The quantitative estimate of drug-likeness (QED) is 0.730. The van der Waals surface area contributed by atoms with Crippen LogP contribution < -0.4 is 0 Å². The van der Waals surface area contributed by atoms with Crippen LogP contribution in [0, 0.1) is 0 Å². The zero-order valence-corrected chi connectivity index (χ0v) is 8.65. The maximum absolute atomic E-state index is 10.7. The molecule has 0 atom stereocenters. The molecule has 1 rings (SSSR count). The van der Waals surface area contributed by atoms with Crippen molar-refractivity contribution in [3.05, 3.63) is 24.0 Å². The Hall–Kier alpha value is -1.58. The highest BCUT2D eigenvalue weighted by atomic mass is 16.5.